The van der Waals surface area contributed by atoms with Gasteiger partial charge in [0, 0.05) is 23.3 Å². The van der Waals surface area contributed by atoms with Crippen molar-refractivity contribution in [2.24, 2.45) is 0 Å². The van der Waals surface area contributed by atoms with Gasteiger partial charge in [0.1, 0.15) is 0 Å². The third-order valence-electron chi connectivity index (χ3n) is 6.02. The highest BCUT2D eigenvalue weighted by Gasteiger charge is 2.16. The van der Waals surface area contributed by atoms with Gasteiger partial charge < -0.3 is 0 Å². The van der Waals surface area contributed by atoms with Crippen molar-refractivity contribution in [1.29, 1.82) is 0 Å². The number of nitrogens with zero attached hydrogens (tertiary/aromatic N) is 8. The van der Waals surface area contributed by atoms with E-state index < -0.39 is 10.1 Å². The zero-order chi connectivity index (χ0) is 26.1. The van der Waals surface area contributed by atoms with E-state index in [1.807, 2.05) is 31.2 Å². The lowest BCUT2D eigenvalue weighted by molar-refractivity contribution is 0.294. The molecule has 0 N–H and O–H groups in total. The van der Waals surface area contributed by atoms with Crippen molar-refractivity contribution < 1.29 is 12.6 Å². The average molecular weight is 527 g/mol. The second-order valence-electron chi connectivity index (χ2n) is 8.76. The van der Waals surface area contributed by atoms with Crippen LogP contribution < -0.4 is 0 Å². The third kappa shape index (κ3) is 4.86. The Labute approximate surface area is 217 Å². The quantitative estimate of drug-likeness (QED) is 0.274. The predicted octanol–water partition coefficient (Wildman–Crippen LogP) is 3.40. The van der Waals surface area contributed by atoms with Gasteiger partial charge in [0.05, 0.1) is 48.2 Å². The highest BCUT2D eigenvalue weighted by molar-refractivity contribution is 7.86. The van der Waals surface area contributed by atoms with Crippen molar-refractivity contribution in [3.8, 4) is 11.3 Å². The fourth-order valence-corrected chi connectivity index (χ4v) is 4.93. The molecular formula is C26H22N8O3S. The largest absolute Gasteiger partial charge is 0.297 e. The van der Waals surface area contributed by atoms with Gasteiger partial charge in [-0.2, -0.15) is 13.5 Å². The van der Waals surface area contributed by atoms with Crippen LogP contribution in [-0.4, -0.2) is 54.8 Å². The van der Waals surface area contributed by atoms with Crippen LogP contribution in [0.2, 0.25) is 0 Å². The van der Waals surface area contributed by atoms with E-state index in [9.17, 15) is 8.42 Å². The molecule has 0 aliphatic carbocycles. The van der Waals surface area contributed by atoms with Gasteiger partial charge >= 0.3 is 0 Å². The number of benzene rings is 2. The summed E-state index contributed by atoms with van der Waals surface area (Å²) in [7, 11) is -3.84. The van der Waals surface area contributed by atoms with Gasteiger partial charge in [-0.25, -0.2) is 14.6 Å². The lowest BCUT2D eigenvalue weighted by Crippen LogP contribution is -2.12. The van der Waals surface area contributed by atoms with E-state index in [4.69, 9.17) is 9.17 Å². The Bertz CT molecular complexity index is 1860. The maximum atomic E-state index is 12.4. The molecule has 190 valence electrons. The Morgan fingerprint density at radius 3 is 2.74 bits per heavy atom. The summed E-state index contributed by atoms with van der Waals surface area (Å²) in [6, 6.07) is 16.5. The molecule has 0 atom stereocenters. The van der Waals surface area contributed by atoms with E-state index in [0.717, 1.165) is 27.6 Å². The second-order valence-corrected chi connectivity index (χ2v) is 10.4. The number of pyridine rings is 1. The lowest BCUT2D eigenvalue weighted by Gasteiger charge is -2.06. The molecule has 0 unspecified atom stereocenters. The maximum Gasteiger partial charge on any atom is 0.297 e. The molecule has 0 fully saturated rings. The van der Waals surface area contributed by atoms with E-state index in [0.29, 0.717) is 23.5 Å². The smallest absolute Gasteiger partial charge is 0.270 e. The first-order valence-electron chi connectivity index (χ1n) is 11.8. The van der Waals surface area contributed by atoms with Crippen LogP contribution in [-0.2, 0) is 27.4 Å². The van der Waals surface area contributed by atoms with Gasteiger partial charge in [-0.1, -0.05) is 35.0 Å². The van der Waals surface area contributed by atoms with Crippen molar-refractivity contribution >= 4 is 32.3 Å². The number of hydrogen-bond acceptors (Lipinski definition) is 9. The van der Waals surface area contributed by atoms with Crippen LogP contribution in [0.1, 0.15) is 11.1 Å². The van der Waals surface area contributed by atoms with Gasteiger partial charge in [-0.3, -0.25) is 13.8 Å². The first-order valence-corrected chi connectivity index (χ1v) is 13.2. The fourth-order valence-electron chi connectivity index (χ4n) is 4.03. The summed E-state index contributed by atoms with van der Waals surface area (Å²) < 4.78 is 33.3. The Hall–Kier alpha value is -4.55. The fraction of sp³-hybridized carbons (Fsp3) is 0.154. The predicted molar refractivity (Wildman–Crippen MR) is 140 cm³/mol. The molecule has 4 heterocycles. The van der Waals surface area contributed by atoms with Crippen molar-refractivity contribution in [2.45, 2.75) is 24.9 Å². The van der Waals surface area contributed by atoms with Crippen molar-refractivity contribution in [3.05, 3.63) is 90.5 Å². The van der Waals surface area contributed by atoms with E-state index in [-0.39, 0.29) is 18.0 Å². The molecule has 38 heavy (non-hydrogen) atoms. The van der Waals surface area contributed by atoms with Gasteiger partial charge in [0.2, 0.25) is 5.65 Å². The summed E-state index contributed by atoms with van der Waals surface area (Å²) in [6.45, 7) is 2.56. The molecule has 0 aliphatic rings. The van der Waals surface area contributed by atoms with E-state index in [1.165, 1.54) is 12.1 Å². The Balaban J connectivity index is 1.16. The molecule has 0 aliphatic heterocycles. The maximum absolute atomic E-state index is 12.4. The zero-order valence-electron chi connectivity index (χ0n) is 20.3. The molecule has 2 aromatic carbocycles. The molecule has 0 saturated heterocycles. The first-order chi connectivity index (χ1) is 18.4. The summed E-state index contributed by atoms with van der Waals surface area (Å²) in [5, 5.41) is 13.7. The molecule has 4 aromatic heterocycles. The van der Waals surface area contributed by atoms with Gasteiger partial charge in [-0.05, 0) is 42.8 Å². The van der Waals surface area contributed by atoms with Crippen LogP contribution in [0.3, 0.4) is 0 Å². The minimum absolute atomic E-state index is 0.0555. The Morgan fingerprint density at radius 1 is 1.00 bits per heavy atom. The number of aromatic nitrogens is 8. The number of aryl methyl sites for hydroxylation is 1. The van der Waals surface area contributed by atoms with Crippen LogP contribution >= 0.6 is 0 Å². The molecule has 6 rings (SSSR count). The summed E-state index contributed by atoms with van der Waals surface area (Å²) in [4.78, 5) is 13.6. The van der Waals surface area contributed by atoms with Crippen molar-refractivity contribution in [3.63, 3.8) is 0 Å². The summed E-state index contributed by atoms with van der Waals surface area (Å²) in [5.41, 5.74) is 5.26. The summed E-state index contributed by atoms with van der Waals surface area (Å²) >= 11 is 0. The zero-order valence-corrected chi connectivity index (χ0v) is 21.2. The summed E-state index contributed by atoms with van der Waals surface area (Å²) in [6.07, 6.45) is 6.80. The molecule has 0 radical (unpaired) electrons. The number of hydrogen-bond donors (Lipinski definition) is 0. The molecule has 0 amide bonds. The average Bonchev–Trinajstić information content (AvgIpc) is 3.56. The molecule has 6 aromatic rings. The SMILES string of the molecule is Cc1ccc(S(=O)(=O)OCCn2cc(-c3cnc4nnn(Cc5ccc6ncccc6c5)c4n3)cn2)cc1. The summed E-state index contributed by atoms with van der Waals surface area (Å²) in [5.74, 6) is 0. The van der Waals surface area contributed by atoms with Crippen LogP contribution in [0.25, 0.3) is 33.5 Å². The highest BCUT2D eigenvalue weighted by Crippen LogP contribution is 2.20. The van der Waals surface area contributed by atoms with Crippen LogP contribution in [0.4, 0.5) is 0 Å². The highest BCUT2D eigenvalue weighted by atomic mass is 32.2. The van der Waals surface area contributed by atoms with Crippen LogP contribution in [0, 0.1) is 6.92 Å². The van der Waals surface area contributed by atoms with Crippen molar-refractivity contribution in [1.82, 2.24) is 39.7 Å². The molecule has 0 saturated carbocycles. The van der Waals surface area contributed by atoms with Crippen LogP contribution in [0.15, 0.2) is 84.3 Å². The van der Waals surface area contributed by atoms with E-state index in [1.54, 1.807) is 46.3 Å². The third-order valence-corrected chi connectivity index (χ3v) is 7.35. The Kier molecular flexibility index (Phi) is 6.10. The van der Waals surface area contributed by atoms with E-state index in [2.05, 4.69) is 31.4 Å². The van der Waals surface area contributed by atoms with Crippen LogP contribution in [0.5, 0.6) is 0 Å². The topological polar surface area (TPSA) is 131 Å². The number of rotatable bonds is 8. The van der Waals surface area contributed by atoms with Gasteiger partial charge in [0.15, 0.2) is 5.65 Å². The molecule has 11 nitrogen and oxygen atoms in total. The lowest BCUT2D eigenvalue weighted by atomic mass is 10.1. The molecular weight excluding hydrogens is 504 g/mol. The number of fused-ring (bicyclic) bond motifs is 2. The second kappa shape index (κ2) is 9.72. The minimum atomic E-state index is -3.84. The normalized spacial score (nSPS) is 11.9. The van der Waals surface area contributed by atoms with Crippen molar-refractivity contribution in [2.75, 3.05) is 6.61 Å². The van der Waals surface area contributed by atoms with Gasteiger partial charge in [0.25, 0.3) is 10.1 Å². The standard InChI is InChI=1S/C26H22N8O3S/c1-18-4-7-22(8-5-18)38(35,36)37-12-11-33-17-21(14-29-33)24-15-28-25-26(30-24)34(32-31-25)16-19-6-9-23-20(13-19)3-2-10-27-23/h2-10,13-15,17H,11-12,16H2,1H3. The monoisotopic (exact) mass is 526 g/mol. The molecule has 12 heteroatoms. The first kappa shape index (κ1) is 23.8. The Morgan fingerprint density at radius 2 is 1.87 bits per heavy atom. The molecule has 0 bridgehead atoms. The van der Waals surface area contributed by atoms with Gasteiger partial charge in [-0.15, -0.1) is 5.10 Å². The van der Waals surface area contributed by atoms with E-state index >= 15 is 0 Å². The molecule has 0 spiro atoms. The minimum Gasteiger partial charge on any atom is -0.270 e.